The maximum absolute atomic E-state index is 5.57. The van der Waals surface area contributed by atoms with Crippen molar-refractivity contribution in [3.05, 3.63) is 11.6 Å². The van der Waals surface area contributed by atoms with Crippen LogP contribution >= 0.6 is 0 Å². The van der Waals surface area contributed by atoms with E-state index in [2.05, 4.69) is 15.2 Å². The summed E-state index contributed by atoms with van der Waals surface area (Å²) in [5.74, 6) is 1.36. The molecule has 3 N–H and O–H groups in total. The molecular formula is C7H14N4O. The van der Waals surface area contributed by atoms with E-state index in [0.717, 1.165) is 5.82 Å². The van der Waals surface area contributed by atoms with Crippen molar-refractivity contribution in [2.75, 3.05) is 6.61 Å². The molecule has 1 unspecified atom stereocenters. The van der Waals surface area contributed by atoms with E-state index in [0.29, 0.717) is 19.0 Å². The fourth-order valence-electron chi connectivity index (χ4n) is 0.777. The molecule has 68 valence electrons. The first kappa shape index (κ1) is 9.15. The highest BCUT2D eigenvalue weighted by atomic mass is 16.5. The Bertz CT molecular complexity index is 233. The first-order valence-electron chi connectivity index (χ1n) is 3.98. The lowest BCUT2D eigenvalue weighted by atomic mass is 10.3. The first-order valence-corrected chi connectivity index (χ1v) is 3.98. The Morgan fingerprint density at radius 1 is 1.67 bits per heavy atom. The number of hydrogen-bond acceptors (Lipinski definition) is 4. The molecule has 1 rings (SSSR count). The first-order chi connectivity index (χ1) is 5.74. The molecule has 0 spiro atoms. The lowest BCUT2D eigenvalue weighted by Gasteiger charge is -1.95. The van der Waals surface area contributed by atoms with Gasteiger partial charge in [0, 0.05) is 6.61 Å². The smallest absolute Gasteiger partial charge is 0.167 e. The summed E-state index contributed by atoms with van der Waals surface area (Å²) in [7, 11) is 0. The molecule has 5 nitrogen and oxygen atoms in total. The highest BCUT2D eigenvalue weighted by Gasteiger charge is 2.06. The van der Waals surface area contributed by atoms with Gasteiger partial charge in [-0.1, -0.05) is 0 Å². The molecule has 0 amide bonds. The van der Waals surface area contributed by atoms with Gasteiger partial charge in [0.2, 0.25) is 0 Å². The van der Waals surface area contributed by atoms with Crippen LogP contribution in [0.3, 0.4) is 0 Å². The van der Waals surface area contributed by atoms with Gasteiger partial charge in [-0.2, -0.15) is 5.10 Å². The SMILES string of the molecule is CCOCc1nc(C(C)N)n[nH]1. The third-order valence-electron chi connectivity index (χ3n) is 1.40. The molecule has 0 saturated heterocycles. The number of hydrogen-bond donors (Lipinski definition) is 2. The Kier molecular flexibility index (Phi) is 3.19. The average molecular weight is 170 g/mol. The molecule has 0 radical (unpaired) electrons. The van der Waals surface area contributed by atoms with Crippen molar-refractivity contribution >= 4 is 0 Å². The van der Waals surface area contributed by atoms with Gasteiger partial charge in [-0.15, -0.1) is 0 Å². The van der Waals surface area contributed by atoms with Crippen LogP contribution in [0.4, 0.5) is 0 Å². The highest BCUT2D eigenvalue weighted by Crippen LogP contribution is 2.02. The van der Waals surface area contributed by atoms with Gasteiger partial charge >= 0.3 is 0 Å². The quantitative estimate of drug-likeness (QED) is 0.684. The van der Waals surface area contributed by atoms with Gasteiger partial charge in [-0.3, -0.25) is 5.10 Å². The minimum Gasteiger partial charge on any atom is -0.374 e. The molecule has 0 saturated carbocycles. The van der Waals surface area contributed by atoms with Gasteiger partial charge in [-0.05, 0) is 13.8 Å². The van der Waals surface area contributed by atoms with E-state index < -0.39 is 0 Å². The molecule has 1 atom stereocenters. The van der Waals surface area contributed by atoms with Crippen LogP contribution in [0.5, 0.6) is 0 Å². The summed E-state index contributed by atoms with van der Waals surface area (Å²) in [6.07, 6.45) is 0. The van der Waals surface area contributed by atoms with Gasteiger partial charge in [0.15, 0.2) is 11.6 Å². The number of nitrogens with zero attached hydrogens (tertiary/aromatic N) is 2. The van der Waals surface area contributed by atoms with E-state index in [4.69, 9.17) is 10.5 Å². The van der Waals surface area contributed by atoms with Crippen LogP contribution in [0.1, 0.15) is 31.5 Å². The number of rotatable bonds is 4. The van der Waals surface area contributed by atoms with Crippen LogP contribution in [0.15, 0.2) is 0 Å². The number of nitrogens with one attached hydrogen (secondary N) is 1. The Morgan fingerprint density at radius 3 is 2.92 bits per heavy atom. The molecule has 1 heterocycles. The summed E-state index contributed by atoms with van der Waals surface area (Å²) in [5, 5.41) is 6.68. The molecule has 0 aromatic carbocycles. The average Bonchev–Trinajstić information content (AvgIpc) is 2.48. The van der Waals surface area contributed by atoms with Crippen molar-refractivity contribution in [2.45, 2.75) is 26.5 Å². The summed E-state index contributed by atoms with van der Waals surface area (Å²) in [4.78, 5) is 4.13. The number of H-pyrrole nitrogens is 1. The number of ether oxygens (including phenoxy) is 1. The second-order valence-electron chi connectivity index (χ2n) is 2.57. The topological polar surface area (TPSA) is 76.8 Å². The van der Waals surface area contributed by atoms with Gasteiger partial charge in [0.25, 0.3) is 0 Å². The maximum atomic E-state index is 5.57. The monoisotopic (exact) mass is 170 g/mol. The second-order valence-corrected chi connectivity index (χ2v) is 2.57. The van der Waals surface area contributed by atoms with Gasteiger partial charge in [0.05, 0.1) is 6.04 Å². The van der Waals surface area contributed by atoms with Gasteiger partial charge < -0.3 is 10.5 Å². The third-order valence-corrected chi connectivity index (χ3v) is 1.40. The minimum atomic E-state index is -0.128. The van der Waals surface area contributed by atoms with Crippen LogP contribution in [-0.2, 0) is 11.3 Å². The molecule has 0 fully saturated rings. The van der Waals surface area contributed by atoms with E-state index in [1.54, 1.807) is 0 Å². The lowest BCUT2D eigenvalue weighted by molar-refractivity contribution is 0.128. The van der Waals surface area contributed by atoms with E-state index in [9.17, 15) is 0 Å². The normalized spacial score (nSPS) is 13.2. The van der Waals surface area contributed by atoms with Crippen LogP contribution in [0.25, 0.3) is 0 Å². The van der Waals surface area contributed by atoms with Gasteiger partial charge in [0.1, 0.15) is 6.61 Å². The zero-order chi connectivity index (χ0) is 8.97. The molecule has 0 aliphatic carbocycles. The van der Waals surface area contributed by atoms with Crippen LogP contribution in [-0.4, -0.2) is 21.8 Å². The van der Waals surface area contributed by atoms with E-state index in [1.165, 1.54) is 0 Å². The fraction of sp³-hybridized carbons (Fsp3) is 0.714. The lowest BCUT2D eigenvalue weighted by Crippen LogP contribution is -2.07. The molecule has 12 heavy (non-hydrogen) atoms. The largest absolute Gasteiger partial charge is 0.374 e. The van der Waals surface area contributed by atoms with Crippen molar-refractivity contribution in [3.8, 4) is 0 Å². The summed E-state index contributed by atoms with van der Waals surface area (Å²) >= 11 is 0. The summed E-state index contributed by atoms with van der Waals surface area (Å²) in [6.45, 7) is 4.92. The molecule has 0 bridgehead atoms. The Hall–Kier alpha value is -0.940. The zero-order valence-corrected chi connectivity index (χ0v) is 7.37. The van der Waals surface area contributed by atoms with Crippen molar-refractivity contribution in [3.63, 3.8) is 0 Å². The number of nitrogens with two attached hydrogens (primary N) is 1. The van der Waals surface area contributed by atoms with Crippen molar-refractivity contribution < 1.29 is 4.74 Å². The standard InChI is InChI=1S/C7H14N4O/c1-3-12-4-6-9-7(5(2)8)11-10-6/h5H,3-4,8H2,1-2H3,(H,9,10,11). The molecule has 0 aliphatic heterocycles. The Balaban J connectivity index is 2.52. The minimum absolute atomic E-state index is 0.128. The van der Waals surface area contributed by atoms with Crippen molar-refractivity contribution in [1.29, 1.82) is 0 Å². The predicted octanol–water partition coefficient (Wildman–Crippen LogP) is 0.361. The molecule has 5 heteroatoms. The van der Waals surface area contributed by atoms with Crippen LogP contribution < -0.4 is 5.73 Å². The van der Waals surface area contributed by atoms with E-state index >= 15 is 0 Å². The summed E-state index contributed by atoms with van der Waals surface area (Å²) in [5.41, 5.74) is 5.57. The Morgan fingerprint density at radius 2 is 2.42 bits per heavy atom. The van der Waals surface area contributed by atoms with Crippen LogP contribution in [0.2, 0.25) is 0 Å². The predicted molar refractivity (Wildman–Crippen MR) is 44.3 cm³/mol. The Labute approximate surface area is 71.3 Å². The fourth-order valence-corrected chi connectivity index (χ4v) is 0.777. The number of aromatic nitrogens is 3. The van der Waals surface area contributed by atoms with Crippen LogP contribution in [0, 0.1) is 0 Å². The third kappa shape index (κ3) is 2.28. The number of aromatic amines is 1. The summed E-state index contributed by atoms with van der Waals surface area (Å²) in [6, 6.07) is -0.128. The molecular weight excluding hydrogens is 156 g/mol. The molecule has 1 aromatic heterocycles. The van der Waals surface area contributed by atoms with E-state index in [-0.39, 0.29) is 6.04 Å². The van der Waals surface area contributed by atoms with Gasteiger partial charge in [-0.25, -0.2) is 4.98 Å². The molecule has 1 aromatic rings. The van der Waals surface area contributed by atoms with Crippen molar-refractivity contribution in [1.82, 2.24) is 15.2 Å². The molecule has 0 aliphatic rings. The summed E-state index contributed by atoms with van der Waals surface area (Å²) < 4.78 is 5.14. The maximum Gasteiger partial charge on any atom is 0.167 e. The highest BCUT2D eigenvalue weighted by molar-refractivity contribution is 4.92. The van der Waals surface area contributed by atoms with E-state index in [1.807, 2.05) is 13.8 Å². The zero-order valence-electron chi connectivity index (χ0n) is 7.37. The van der Waals surface area contributed by atoms with Crippen molar-refractivity contribution in [2.24, 2.45) is 5.73 Å². The second kappa shape index (κ2) is 4.18.